The Hall–Kier alpha value is -0.610. The second-order valence-corrected chi connectivity index (χ2v) is 6.30. The molecule has 0 bridgehead atoms. The van der Waals surface area contributed by atoms with Crippen LogP contribution >= 0.6 is 27.5 Å². The molecule has 0 saturated heterocycles. The third-order valence-electron chi connectivity index (χ3n) is 1.89. The van der Waals surface area contributed by atoms with Gasteiger partial charge < -0.3 is 0 Å². The molecule has 0 amide bonds. The highest BCUT2D eigenvalue weighted by Gasteiger charge is 2.20. The summed E-state index contributed by atoms with van der Waals surface area (Å²) >= 11 is 8.98. The van der Waals surface area contributed by atoms with Crippen LogP contribution in [0.1, 0.15) is 0 Å². The van der Waals surface area contributed by atoms with E-state index in [0.29, 0.717) is 9.50 Å². The molecule has 0 aliphatic carbocycles. The monoisotopic (exact) mass is 322 g/mol. The number of rotatable bonds is 3. The van der Waals surface area contributed by atoms with E-state index >= 15 is 0 Å². The van der Waals surface area contributed by atoms with Crippen molar-refractivity contribution in [3.8, 4) is 6.07 Å². The van der Waals surface area contributed by atoms with E-state index < -0.39 is 10.0 Å². The maximum Gasteiger partial charge on any atom is 0.243 e. The van der Waals surface area contributed by atoms with E-state index in [-0.39, 0.29) is 11.4 Å². The molecule has 4 nitrogen and oxygen atoms in total. The van der Waals surface area contributed by atoms with Crippen LogP contribution in [0.25, 0.3) is 0 Å². The Morgan fingerprint density at radius 2 is 2.19 bits per heavy atom. The van der Waals surface area contributed by atoms with Gasteiger partial charge in [0.15, 0.2) is 0 Å². The Morgan fingerprint density at radius 1 is 1.56 bits per heavy atom. The van der Waals surface area contributed by atoms with Crippen LogP contribution in [-0.4, -0.2) is 26.3 Å². The SMILES string of the molecule is CN(CC#N)S(=O)(=O)c1ccc(Br)c(Cl)c1. The summed E-state index contributed by atoms with van der Waals surface area (Å²) in [4.78, 5) is 0.0680. The van der Waals surface area contributed by atoms with Gasteiger partial charge in [0.05, 0.1) is 16.0 Å². The van der Waals surface area contributed by atoms with E-state index in [0.717, 1.165) is 4.31 Å². The zero-order valence-electron chi connectivity index (χ0n) is 8.31. The van der Waals surface area contributed by atoms with Crippen LogP contribution in [0, 0.1) is 11.3 Å². The highest BCUT2D eigenvalue weighted by atomic mass is 79.9. The van der Waals surface area contributed by atoms with Gasteiger partial charge in [0.25, 0.3) is 0 Å². The van der Waals surface area contributed by atoms with Gasteiger partial charge in [0.1, 0.15) is 6.54 Å². The Labute approximate surface area is 108 Å². The average molecular weight is 324 g/mol. The third kappa shape index (κ3) is 2.74. The predicted octanol–water partition coefficient (Wildman–Crippen LogP) is 2.25. The molecular weight excluding hydrogens is 316 g/mol. The van der Waals surface area contributed by atoms with Crippen molar-refractivity contribution in [3.63, 3.8) is 0 Å². The second-order valence-electron chi connectivity index (χ2n) is 3.00. The lowest BCUT2D eigenvalue weighted by molar-refractivity contribution is 0.501. The van der Waals surface area contributed by atoms with Gasteiger partial charge in [-0.25, -0.2) is 8.42 Å². The minimum Gasteiger partial charge on any atom is -0.207 e. The summed E-state index contributed by atoms with van der Waals surface area (Å²) in [7, 11) is -2.29. The molecule has 0 aromatic heterocycles. The number of sulfonamides is 1. The van der Waals surface area contributed by atoms with Gasteiger partial charge in [-0.15, -0.1) is 0 Å². The Kier molecular flexibility index (Phi) is 4.33. The van der Waals surface area contributed by atoms with Crippen LogP contribution in [0.5, 0.6) is 0 Å². The summed E-state index contributed by atoms with van der Waals surface area (Å²) in [6, 6.07) is 6.10. The van der Waals surface area contributed by atoms with Crippen molar-refractivity contribution in [2.45, 2.75) is 4.90 Å². The van der Waals surface area contributed by atoms with Gasteiger partial charge in [-0.3, -0.25) is 0 Å². The topological polar surface area (TPSA) is 61.2 Å². The lowest BCUT2D eigenvalue weighted by atomic mass is 10.4. The maximum absolute atomic E-state index is 11.9. The minimum absolute atomic E-state index is 0.0680. The van der Waals surface area contributed by atoms with E-state index in [4.69, 9.17) is 16.9 Å². The van der Waals surface area contributed by atoms with Crippen molar-refractivity contribution < 1.29 is 8.42 Å². The van der Waals surface area contributed by atoms with Crippen molar-refractivity contribution in [2.24, 2.45) is 0 Å². The van der Waals surface area contributed by atoms with Crippen LogP contribution < -0.4 is 0 Å². The van der Waals surface area contributed by atoms with Crippen molar-refractivity contribution in [1.82, 2.24) is 4.31 Å². The largest absolute Gasteiger partial charge is 0.243 e. The lowest BCUT2D eigenvalue weighted by Gasteiger charge is -2.13. The molecule has 0 fully saturated rings. The molecule has 0 unspecified atom stereocenters. The molecular formula is C9H8BrClN2O2S. The normalized spacial score (nSPS) is 11.4. The number of nitriles is 1. The number of hydrogen-bond acceptors (Lipinski definition) is 3. The van der Waals surface area contributed by atoms with Gasteiger partial charge in [0.2, 0.25) is 10.0 Å². The van der Waals surface area contributed by atoms with Crippen LogP contribution in [0.15, 0.2) is 27.6 Å². The molecule has 0 saturated carbocycles. The fraction of sp³-hybridized carbons (Fsp3) is 0.222. The summed E-state index contributed by atoms with van der Waals surface area (Å²) in [5.74, 6) is 0. The molecule has 0 atom stereocenters. The second kappa shape index (κ2) is 5.15. The molecule has 0 aliphatic rings. The van der Waals surface area contributed by atoms with Crippen molar-refractivity contribution in [2.75, 3.05) is 13.6 Å². The molecule has 86 valence electrons. The van der Waals surface area contributed by atoms with Gasteiger partial charge >= 0.3 is 0 Å². The third-order valence-corrected chi connectivity index (χ3v) is 4.92. The molecule has 16 heavy (non-hydrogen) atoms. The summed E-state index contributed by atoms with van der Waals surface area (Å²) in [5, 5.41) is 8.77. The van der Waals surface area contributed by atoms with E-state index in [9.17, 15) is 8.42 Å². The summed E-state index contributed by atoms with van der Waals surface area (Å²) in [5.41, 5.74) is 0. The molecule has 0 heterocycles. The highest BCUT2D eigenvalue weighted by Crippen LogP contribution is 2.26. The zero-order chi connectivity index (χ0) is 12.3. The Balaban J connectivity index is 3.18. The fourth-order valence-electron chi connectivity index (χ4n) is 1.00. The quantitative estimate of drug-likeness (QED) is 0.802. The molecule has 0 spiro atoms. The number of nitrogens with zero attached hydrogens (tertiary/aromatic N) is 2. The van der Waals surface area contributed by atoms with Crippen LogP contribution in [0.2, 0.25) is 5.02 Å². The Morgan fingerprint density at radius 3 is 2.69 bits per heavy atom. The summed E-state index contributed by atoms with van der Waals surface area (Å²) < 4.78 is 25.4. The average Bonchev–Trinajstić information content (AvgIpc) is 2.22. The first-order valence-corrected chi connectivity index (χ1v) is 6.79. The molecule has 0 aliphatic heterocycles. The highest BCUT2D eigenvalue weighted by molar-refractivity contribution is 9.10. The molecule has 1 aromatic carbocycles. The van der Waals surface area contributed by atoms with Crippen LogP contribution in [0.3, 0.4) is 0 Å². The van der Waals surface area contributed by atoms with Gasteiger partial charge in [-0.2, -0.15) is 9.57 Å². The smallest absolute Gasteiger partial charge is 0.207 e. The molecule has 1 rings (SSSR count). The maximum atomic E-state index is 11.9. The zero-order valence-corrected chi connectivity index (χ0v) is 11.5. The first-order valence-electron chi connectivity index (χ1n) is 4.18. The first-order chi connectivity index (χ1) is 7.39. The lowest BCUT2D eigenvalue weighted by Crippen LogP contribution is -2.27. The number of halogens is 2. The van der Waals surface area contributed by atoms with Gasteiger partial charge in [-0.1, -0.05) is 11.6 Å². The summed E-state index contributed by atoms with van der Waals surface area (Å²) in [6.07, 6.45) is 0. The molecule has 7 heteroatoms. The van der Waals surface area contributed by atoms with E-state index in [1.807, 2.05) is 0 Å². The minimum atomic E-state index is -3.63. The summed E-state index contributed by atoms with van der Waals surface area (Å²) in [6.45, 7) is -0.198. The van der Waals surface area contributed by atoms with Crippen molar-refractivity contribution in [1.29, 1.82) is 5.26 Å². The molecule has 1 aromatic rings. The predicted molar refractivity (Wildman–Crippen MR) is 64.6 cm³/mol. The number of hydrogen-bond donors (Lipinski definition) is 0. The molecule has 0 radical (unpaired) electrons. The van der Waals surface area contributed by atoms with Crippen LogP contribution in [0.4, 0.5) is 0 Å². The van der Waals surface area contributed by atoms with Crippen molar-refractivity contribution in [3.05, 3.63) is 27.7 Å². The van der Waals surface area contributed by atoms with Gasteiger partial charge in [-0.05, 0) is 34.1 Å². The van der Waals surface area contributed by atoms with Crippen LogP contribution in [-0.2, 0) is 10.0 Å². The Bertz CT molecular complexity index is 539. The first kappa shape index (κ1) is 13.5. The van der Waals surface area contributed by atoms with E-state index in [2.05, 4.69) is 15.9 Å². The van der Waals surface area contributed by atoms with Crippen molar-refractivity contribution >= 4 is 37.6 Å². The van der Waals surface area contributed by atoms with Gasteiger partial charge in [0, 0.05) is 11.5 Å². The van der Waals surface area contributed by atoms with E-state index in [1.54, 1.807) is 12.1 Å². The fourth-order valence-corrected chi connectivity index (χ4v) is 2.59. The standard InChI is InChI=1S/C9H8BrClN2O2S/c1-13(5-4-12)16(14,15)7-2-3-8(10)9(11)6-7/h2-3,6H,5H2,1H3. The number of benzene rings is 1. The van der Waals surface area contributed by atoms with E-state index in [1.165, 1.54) is 19.2 Å². The molecule has 0 N–H and O–H groups in total.